The predicted octanol–water partition coefficient (Wildman–Crippen LogP) is 4.80. The van der Waals surface area contributed by atoms with Crippen LogP contribution in [0.4, 0.5) is 0 Å². The maximum atomic E-state index is 10.5. The summed E-state index contributed by atoms with van der Waals surface area (Å²) < 4.78 is 12.9. The molecule has 0 bridgehead atoms. The van der Waals surface area contributed by atoms with Gasteiger partial charge in [0, 0.05) is 34.4 Å². The Hall–Kier alpha value is -3.12. The lowest BCUT2D eigenvalue weighted by Crippen LogP contribution is -2.02. The number of nitrogens with zero attached hydrogens (tertiary/aromatic N) is 2. The zero-order chi connectivity index (χ0) is 20.1. The Bertz CT molecular complexity index is 1060. The van der Waals surface area contributed by atoms with Crippen molar-refractivity contribution in [2.45, 2.75) is 38.8 Å². The SMILES string of the molecule is O=C(O)CCOCc1cc(CCCCn2c3ccccc3c3ccccc32)no1. The molecular formula is C23H24N2O4. The molecule has 0 saturated carbocycles. The highest BCUT2D eigenvalue weighted by Gasteiger charge is 2.10. The van der Waals surface area contributed by atoms with Crippen molar-refractivity contribution in [3.8, 4) is 0 Å². The van der Waals surface area contributed by atoms with Crippen LogP contribution in [0.3, 0.4) is 0 Å². The number of rotatable bonds is 10. The number of aliphatic carboxylic acids is 1. The fourth-order valence-electron chi connectivity index (χ4n) is 3.69. The third-order valence-corrected chi connectivity index (χ3v) is 5.06. The molecule has 150 valence electrons. The van der Waals surface area contributed by atoms with Gasteiger partial charge in [0.05, 0.1) is 18.7 Å². The normalized spacial score (nSPS) is 11.4. The van der Waals surface area contributed by atoms with Gasteiger partial charge in [0.25, 0.3) is 0 Å². The van der Waals surface area contributed by atoms with Crippen molar-refractivity contribution < 1.29 is 19.2 Å². The van der Waals surface area contributed by atoms with Gasteiger partial charge in [-0.05, 0) is 31.4 Å². The van der Waals surface area contributed by atoms with E-state index in [2.05, 4.69) is 58.3 Å². The Balaban J connectivity index is 1.32. The molecule has 0 amide bonds. The number of ether oxygens (including phenoxy) is 1. The summed E-state index contributed by atoms with van der Waals surface area (Å²) in [7, 11) is 0. The van der Waals surface area contributed by atoms with Crippen LogP contribution in [0.15, 0.2) is 59.1 Å². The molecule has 4 rings (SSSR count). The van der Waals surface area contributed by atoms with Gasteiger partial charge in [-0.15, -0.1) is 0 Å². The first kappa shape index (κ1) is 19.2. The Kier molecular flexibility index (Phi) is 5.91. The number of aryl methyl sites for hydroxylation is 2. The van der Waals surface area contributed by atoms with Crippen molar-refractivity contribution in [3.05, 3.63) is 66.1 Å². The van der Waals surface area contributed by atoms with E-state index in [1.54, 1.807) is 0 Å². The van der Waals surface area contributed by atoms with Gasteiger partial charge >= 0.3 is 5.97 Å². The molecule has 4 aromatic rings. The Labute approximate surface area is 168 Å². The summed E-state index contributed by atoms with van der Waals surface area (Å²) in [6.45, 7) is 1.38. The van der Waals surface area contributed by atoms with Crippen LogP contribution in [0.25, 0.3) is 21.8 Å². The second kappa shape index (κ2) is 8.92. The summed E-state index contributed by atoms with van der Waals surface area (Å²) in [5.41, 5.74) is 3.45. The van der Waals surface area contributed by atoms with E-state index in [1.165, 1.54) is 21.8 Å². The second-order valence-corrected chi connectivity index (χ2v) is 7.12. The average molecular weight is 392 g/mol. The van der Waals surface area contributed by atoms with Crippen LogP contribution in [-0.2, 0) is 29.1 Å². The maximum Gasteiger partial charge on any atom is 0.305 e. The van der Waals surface area contributed by atoms with Crippen LogP contribution in [0.1, 0.15) is 30.7 Å². The molecule has 0 radical (unpaired) electrons. The quantitative estimate of drug-likeness (QED) is 0.392. The zero-order valence-electron chi connectivity index (χ0n) is 16.2. The average Bonchev–Trinajstić information content (AvgIpc) is 3.31. The van der Waals surface area contributed by atoms with E-state index in [4.69, 9.17) is 14.4 Å². The summed E-state index contributed by atoms with van der Waals surface area (Å²) in [4.78, 5) is 10.5. The molecule has 0 saturated heterocycles. The van der Waals surface area contributed by atoms with Gasteiger partial charge in [0.15, 0.2) is 5.76 Å². The van der Waals surface area contributed by atoms with E-state index in [0.29, 0.717) is 5.76 Å². The molecule has 0 spiro atoms. The Morgan fingerprint density at radius 2 is 1.72 bits per heavy atom. The van der Waals surface area contributed by atoms with E-state index >= 15 is 0 Å². The number of aromatic nitrogens is 2. The summed E-state index contributed by atoms with van der Waals surface area (Å²) in [6, 6.07) is 19.0. The number of unbranched alkanes of at least 4 members (excludes halogenated alkanes) is 1. The number of para-hydroxylation sites is 2. The molecule has 2 aromatic heterocycles. The zero-order valence-corrected chi connectivity index (χ0v) is 16.2. The lowest BCUT2D eigenvalue weighted by molar-refractivity contribution is -0.138. The van der Waals surface area contributed by atoms with Crippen LogP contribution in [0, 0.1) is 0 Å². The number of carboxylic acid groups (broad SMARTS) is 1. The Morgan fingerprint density at radius 3 is 2.41 bits per heavy atom. The maximum absolute atomic E-state index is 10.5. The van der Waals surface area contributed by atoms with Crippen LogP contribution >= 0.6 is 0 Å². The van der Waals surface area contributed by atoms with Crippen molar-refractivity contribution in [1.29, 1.82) is 0 Å². The molecular weight excluding hydrogens is 368 g/mol. The van der Waals surface area contributed by atoms with E-state index in [1.807, 2.05) is 6.07 Å². The monoisotopic (exact) mass is 392 g/mol. The molecule has 29 heavy (non-hydrogen) atoms. The van der Waals surface area contributed by atoms with Crippen molar-refractivity contribution in [1.82, 2.24) is 9.72 Å². The van der Waals surface area contributed by atoms with Gasteiger partial charge in [0.2, 0.25) is 0 Å². The molecule has 6 heteroatoms. The molecule has 1 N–H and O–H groups in total. The number of fused-ring (bicyclic) bond motifs is 3. The molecule has 2 aromatic carbocycles. The van der Waals surface area contributed by atoms with Crippen LogP contribution in [0.2, 0.25) is 0 Å². The highest BCUT2D eigenvalue weighted by atomic mass is 16.5. The molecule has 2 heterocycles. The first-order valence-electron chi connectivity index (χ1n) is 9.92. The molecule has 0 aliphatic rings. The van der Waals surface area contributed by atoms with Gasteiger partial charge in [-0.3, -0.25) is 4.79 Å². The summed E-state index contributed by atoms with van der Waals surface area (Å²) in [5, 5.41) is 15.3. The standard InChI is InChI=1S/C23H24N2O4/c26-23(27)12-14-28-16-18-15-17(24-29-18)7-5-6-13-25-21-10-3-1-8-19(21)20-9-2-4-11-22(20)25/h1-4,8-11,15H,5-7,12-14,16H2,(H,26,27). The molecule has 0 fully saturated rings. The third-order valence-electron chi connectivity index (χ3n) is 5.06. The largest absolute Gasteiger partial charge is 0.481 e. The third kappa shape index (κ3) is 4.49. The first-order valence-corrected chi connectivity index (χ1v) is 9.92. The predicted molar refractivity (Wildman–Crippen MR) is 111 cm³/mol. The highest BCUT2D eigenvalue weighted by Crippen LogP contribution is 2.29. The van der Waals surface area contributed by atoms with Crippen molar-refractivity contribution >= 4 is 27.8 Å². The van der Waals surface area contributed by atoms with Gasteiger partial charge in [-0.2, -0.15) is 0 Å². The van der Waals surface area contributed by atoms with Crippen molar-refractivity contribution in [3.63, 3.8) is 0 Å². The fraction of sp³-hybridized carbons (Fsp3) is 0.304. The minimum absolute atomic E-state index is 0.0102. The van der Waals surface area contributed by atoms with Crippen LogP contribution in [0.5, 0.6) is 0 Å². The van der Waals surface area contributed by atoms with E-state index in [9.17, 15) is 4.79 Å². The summed E-state index contributed by atoms with van der Waals surface area (Å²) in [5.74, 6) is -0.237. The van der Waals surface area contributed by atoms with Crippen molar-refractivity contribution in [2.75, 3.05) is 6.61 Å². The van der Waals surface area contributed by atoms with E-state index in [-0.39, 0.29) is 19.6 Å². The van der Waals surface area contributed by atoms with Crippen LogP contribution in [-0.4, -0.2) is 27.4 Å². The minimum atomic E-state index is -0.869. The van der Waals surface area contributed by atoms with Gasteiger partial charge < -0.3 is 18.9 Å². The number of hydrogen-bond acceptors (Lipinski definition) is 4. The number of carbonyl (C=O) groups is 1. The number of benzene rings is 2. The highest BCUT2D eigenvalue weighted by molar-refractivity contribution is 6.07. The van der Waals surface area contributed by atoms with Crippen LogP contribution < -0.4 is 0 Å². The van der Waals surface area contributed by atoms with E-state index in [0.717, 1.165) is 31.5 Å². The van der Waals surface area contributed by atoms with Gasteiger partial charge in [-0.25, -0.2) is 0 Å². The lowest BCUT2D eigenvalue weighted by atomic mass is 10.2. The molecule has 6 nitrogen and oxygen atoms in total. The minimum Gasteiger partial charge on any atom is -0.481 e. The molecule has 0 aliphatic heterocycles. The van der Waals surface area contributed by atoms with E-state index < -0.39 is 5.97 Å². The Morgan fingerprint density at radius 1 is 1.03 bits per heavy atom. The summed E-state index contributed by atoms with van der Waals surface area (Å²) in [6.07, 6.45) is 2.88. The van der Waals surface area contributed by atoms with Crippen molar-refractivity contribution in [2.24, 2.45) is 0 Å². The second-order valence-electron chi connectivity index (χ2n) is 7.12. The number of carboxylic acids is 1. The fourth-order valence-corrected chi connectivity index (χ4v) is 3.69. The first-order chi connectivity index (χ1) is 14.2. The number of hydrogen-bond donors (Lipinski definition) is 1. The molecule has 0 unspecified atom stereocenters. The topological polar surface area (TPSA) is 77.5 Å². The smallest absolute Gasteiger partial charge is 0.305 e. The molecule has 0 aliphatic carbocycles. The molecule has 0 atom stereocenters. The lowest BCUT2D eigenvalue weighted by Gasteiger charge is -2.07. The summed E-state index contributed by atoms with van der Waals surface area (Å²) >= 11 is 0. The van der Waals surface area contributed by atoms with Gasteiger partial charge in [0.1, 0.15) is 6.61 Å². The van der Waals surface area contributed by atoms with Gasteiger partial charge in [-0.1, -0.05) is 41.6 Å².